The third-order valence-electron chi connectivity index (χ3n) is 3.69. The van der Waals surface area contributed by atoms with Gasteiger partial charge in [-0.3, -0.25) is 4.79 Å². The maximum Gasteiger partial charge on any atom is 0.257 e. The van der Waals surface area contributed by atoms with Crippen LogP contribution in [0.3, 0.4) is 0 Å². The number of carbonyl (C=O) groups is 1. The molecule has 110 valence electrons. The standard InChI is InChI=1S/C15H14F2N2O2/c16-12-6-5-9(7-13(12)17)14-11(8-18-21-14)15(20)19-10-3-1-2-4-10/h5-8,10H,1-4H2,(H,19,20). The molecule has 0 aliphatic heterocycles. The normalized spacial score (nSPS) is 15.3. The van der Waals surface area contributed by atoms with Crippen LogP contribution in [-0.2, 0) is 0 Å². The van der Waals surface area contributed by atoms with Gasteiger partial charge in [0, 0.05) is 11.6 Å². The first kappa shape index (κ1) is 13.7. The van der Waals surface area contributed by atoms with E-state index in [-0.39, 0.29) is 28.8 Å². The molecule has 0 bridgehead atoms. The van der Waals surface area contributed by atoms with Gasteiger partial charge in [0.25, 0.3) is 5.91 Å². The molecule has 4 nitrogen and oxygen atoms in total. The Bertz CT molecular complexity index is 663. The summed E-state index contributed by atoms with van der Waals surface area (Å²) in [7, 11) is 0. The van der Waals surface area contributed by atoms with Crippen LogP contribution in [-0.4, -0.2) is 17.1 Å². The van der Waals surface area contributed by atoms with Crippen molar-refractivity contribution in [3.8, 4) is 11.3 Å². The molecule has 2 aromatic rings. The summed E-state index contributed by atoms with van der Waals surface area (Å²) < 4.78 is 31.3. The fraction of sp³-hybridized carbons (Fsp3) is 0.333. The SMILES string of the molecule is O=C(NC1CCCC1)c1cnoc1-c1ccc(F)c(F)c1. The number of aromatic nitrogens is 1. The largest absolute Gasteiger partial charge is 0.355 e. The molecule has 0 saturated heterocycles. The van der Waals surface area contributed by atoms with Gasteiger partial charge in [-0.25, -0.2) is 8.78 Å². The molecule has 1 aromatic carbocycles. The van der Waals surface area contributed by atoms with Gasteiger partial charge in [-0.15, -0.1) is 0 Å². The molecule has 1 fully saturated rings. The van der Waals surface area contributed by atoms with E-state index in [0.717, 1.165) is 37.8 Å². The summed E-state index contributed by atoms with van der Waals surface area (Å²) in [6.45, 7) is 0. The molecule has 0 spiro atoms. The zero-order valence-corrected chi connectivity index (χ0v) is 11.2. The highest BCUT2D eigenvalue weighted by molar-refractivity contribution is 5.99. The van der Waals surface area contributed by atoms with Crippen LogP contribution in [0.5, 0.6) is 0 Å². The molecule has 21 heavy (non-hydrogen) atoms. The van der Waals surface area contributed by atoms with Gasteiger partial charge in [-0.05, 0) is 31.0 Å². The Balaban J connectivity index is 1.85. The van der Waals surface area contributed by atoms with Crippen LogP contribution in [0.1, 0.15) is 36.0 Å². The molecule has 0 radical (unpaired) electrons. The van der Waals surface area contributed by atoms with Gasteiger partial charge in [0.1, 0.15) is 5.56 Å². The van der Waals surface area contributed by atoms with E-state index in [0.29, 0.717) is 0 Å². The van der Waals surface area contributed by atoms with Crippen molar-refractivity contribution in [2.75, 3.05) is 0 Å². The quantitative estimate of drug-likeness (QED) is 0.944. The van der Waals surface area contributed by atoms with Gasteiger partial charge in [-0.1, -0.05) is 18.0 Å². The van der Waals surface area contributed by atoms with E-state index in [9.17, 15) is 13.6 Å². The van der Waals surface area contributed by atoms with Gasteiger partial charge in [0.05, 0.1) is 6.20 Å². The molecule has 1 saturated carbocycles. The topological polar surface area (TPSA) is 55.1 Å². The summed E-state index contributed by atoms with van der Waals surface area (Å²) in [6.07, 6.45) is 5.41. The lowest BCUT2D eigenvalue weighted by Gasteiger charge is -2.11. The third kappa shape index (κ3) is 2.79. The number of rotatable bonds is 3. The smallest absolute Gasteiger partial charge is 0.257 e. The maximum atomic E-state index is 13.3. The second kappa shape index (κ2) is 5.63. The van der Waals surface area contributed by atoms with Crippen molar-refractivity contribution in [2.45, 2.75) is 31.7 Å². The van der Waals surface area contributed by atoms with E-state index in [1.54, 1.807) is 0 Å². The van der Waals surface area contributed by atoms with Crippen molar-refractivity contribution in [2.24, 2.45) is 0 Å². The number of nitrogens with one attached hydrogen (secondary N) is 1. The Labute approximate surface area is 120 Å². The first-order valence-electron chi connectivity index (χ1n) is 6.86. The Hall–Kier alpha value is -2.24. The average Bonchev–Trinajstić information content (AvgIpc) is 3.12. The van der Waals surface area contributed by atoms with Crippen LogP contribution in [0.25, 0.3) is 11.3 Å². The molecule has 6 heteroatoms. The minimum atomic E-state index is -0.994. The molecule has 1 heterocycles. The van der Waals surface area contributed by atoms with Crippen molar-refractivity contribution >= 4 is 5.91 Å². The predicted octanol–water partition coefficient (Wildman–Crippen LogP) is 3.29. The summed E-state index contributed by atoms with van der Waals surface area (Å²) in [5.74, 6) is -2.10. The summed E-state index contributed by atoms with van der Waals surface area (Å²) in [6, 6.07) is 3.49. The molecule has 1 aliphatic rings. The zero-order chi connectivity index (χ0) is 14.8. The van der Waals surface area contributed by atoms with Crippen molar-refractivity contribution in [3.63, 3.8) is 0 Å². The lowest BCUT2D eigenvalue weighted by atomic mass is 10.1. The van der Waals surface area contributed by atoms with E-state index in [4.69, 9.17) is 4.52 Å². The number of halogens is 2. The lowest BCUT2D eigenvalue weighted by molar-refractivity contribution is 0.0938. The number of carbonyl (C=O) groups excluding carboxylic acids is 1. The fourth-order valence-corrected chi connectivity index (χ4v) is 2.58. The van der Waals surface area contributed by atoms with Gasteiger partial charge in [-0.2, -0.15) is 0 Å². The lowest BCUT2D eigenvalue weighted by Crippen LogP contribution is -2.32. The van der Waals surface area contributed by atoms with Gasteiger partial charge < -0.3 is 9.84 Å². The van der Waals surface area contributed by atoms with Crippen molar-refractivity contribution in [1.82, 2.24) is 10.5 Å². The summed E-state index contributed by atoms with van der Waals surface area (Å²) in [5.41, 5.74) is 0.510. The Morgan fingerprint density at radius 3 is 2.71 bits per heavy atom. The summed E-state index contributed by atoms with van der Waals surface area (Å²) in [5, 5.41) is 6.50. The van der Waals surface area contributed by atoms with Crippen LogP contribution in [0.4, 0.5) is 8.78 Å². The predicted molar refractivity (Wildman–Crippen MR) is 71.6 cm³/mol. The van der Waals surface area contributed by atoms with Crippen molar-refractivity contribution in [1.29, 1.82) is 0 Å². The van der Waals surface area contributed by atoms with E-state index >= 15 is 0 Å². The van der Waals surface area contributed by atoms with Crippen LogP contribution < -0.4 is 5.32 Å². The maximum absolute atomic E-state index is 13.3. The van der Waals surface area contributed by atoms with E-state index in [1.807, 2.05) is 0 Å². The van der Waals surface area contributed by atoms with Crippen LogP contribution >= 0.6 is 0 Å². The van der Waals surface area contributed by atoms with E-state index in [1.165, 1.54) is 12.3 Å². The van der Waals surface area contributed by atoms with Crippen molar-refractivity contribution in [3.05, 3.63) is 41.6 Å². The third-order valence-corrected chi connectivity index (χ3v) is 3.69. The highest BCUT2D eigenvalue weighted by Crippen LogP contribution is 2.26. The Morgan fingerprint density at radius 2 is 2.00 bits per heavy atom. The first-order valence-corrected chi connectivity index (χ1v) is 6.86. The molecule has 0 unspecified atom stereocenters. The fourth-order valence-electron chi connectivity index (χ4n) is 2.58. The second-order valence-corrected chi connectivity index (χ2v) is 5.15. The van der Waals surface area contributed by atoms with E-state index < -0.39 is 11.6 Å². The number of amides is 1. The summed E-state index contributed by atoms with van der Waals surface area (Å²) in [4.78, 5) is 12.2. The van der Waals surface area contributed by atoms with Gasteiger partial charge in [0.2, 0.25) is 0 Å². The molecule has 3 rings (SSSR count). The molecule has 0 atom stereocenters. The van der Waals surface area contributed by atoms with Crippen LogP contribution in [0.15, 0.2) is 28.9 Å². The average molecular weight is 292 g/mol. The number of hydrogen-bond acceptors (Lipinski definition) is 3. The number of nitrogens with zero attached hydrogens (tertiary/aromatic N) is 1. The molecule has 1 amide bonds. The minimum absolute atomic E-state index is 0.143. The highest BCUT2D eigenvalue weighted by atomic mass is 19.2. The zero-order valence-electron chi connectivity index (χ0n) is 11.2. The Kier molecular flexibility index (Phi) is 3.68. The molecule has 1 aliphatic carbocycles. The van der Waals surface area contributed by atoms with Crippen LogP contribution in [0, 0.1) is 11.6 Å². The van der Waals surface area contributed by atoms with Crippen molar-refractivity contribution < 1.29 is 18.1 Å². The minimum Gasteiger partial charge on any atom is -0.355 e. The Morgan fingerprint density at radius 1 is 1.24 bits per heavy atom. The molecular weight excluding hydrogens is 278 g/mol. The van der Waals surface area contributed by atoms with Gasteiger partial charge >= 0.3 is 0 Å². The molecule has 1 aromatic heterocycles. The number of hydrogen-bond donors (Lipinski definition) is 1. The van der Waals surface area contributed by atoms with E-state index in [2.05, 4.69) is 10.5 Å². The monoisotopic (exact) mass is 292 g/mol. The molecular formula is C15H14F2N2O2. The number of benzene rings is 1. The van der Waals surface area contributed by atoms with Gasteiger partial charge in [0.15, 0.2) is 17.4 Å². The highest BCUT2D eigenvalue weighted by Gasteiger charge is 2.23. The summed E-state index contributed by atoms with van der Waals surface area (Å²) >= 11 is 0. The molecule has 1 N–H and O–H groups in total. The second-order valence-electron chi connectivity index (χ2n) is 5.15. The van der Waals surface area contributed by atoms with Crippen LogP contribution in [0.2, 0.25) is 0 Å². The first-order chi connectivity index (χ1) is 10.1.